The van der Waals surface area contributed by atoms with E-state index in [1.165, 1.54) is 0 Å². The number of nitrogens with zero attached hydrogens (tertiary/aromatic N) is 1. The van der Waals surface area contributed by atoms with Crippen molar-refractivity contribution in [2.24, 2.45) is 5.92 Å². The van der Waals surface area contributed by atoms with Crippen LogP contribution in [-0.2, 0) is 9.53 Å². The molecule has 1 heterocycles. The van der Waals surface area contributed by atoms with E-state index in [9.17, 15) is 14.7 Å². The Morgan fingerprint density at radius 3 is 2.54 bits per heavy atom. The van der Waals surface area contributed by atoms with Gasteiger partial charge in [0.1, 0.15) is 5.75 Å². The van der Waals surface area contributed by atoms with Crippen LogP contribution in [0.1, 0.15) is 37.7 Å². The highest BCUT2D eigenvalue weighted by Crippen LogP contribution is 2.47. The Morgan fingerprint density at radius 2 is 1.92 bits per heavy atom. The minimum absolute atomic E-state index is 0.0256. The number of aromatic hydroxyl groups is 1. The van der Waals surface area contributed by atoms with Crippen LogP contribution in [0.5, 0.6) is 5.75 Å². The fourth-order valence-corrected chi connectivity index (χ4v) is 3.30. The lowest BCUT2D eigenvalue weighted by Crippen LogP contribution is -2.47. The molecule has 3 rings (SSSR count). The third-order valence-electron chi connectivity index (χ3n) is 4.82. The van der Waals surface area contributed by atoms with Gasteiger partial charge in [-0.05, 0) is 49.8 Å². The maximum atomic E-state index is 12.4. The maximum Gasteiger partial charge on any atom is 0.409 e. The summed E-state index contributed by atoms with van der Waals surface area (Å²) in [6.45, 7) is 3.42. The summed E-state index contributed by atoms with van der Waals surface area (Å²) in [6.07, 6.45) is 2.12. The highest BCUT2D eigenvalue weighted by molar-refractivity contribution is 5.83. The van der Waals surface area contributed by atoms with Crippen molar-refractivity contribution in [2.45, 2.75) is 38.1 Å². The van der Waals surface area contributed by atoms with Crippen LogP contribution in [0, 0.1) is 5.92 Å². The van der Waals surface area contributed by atoms with Gasteiger partial charge in [0.15, 0.2) is 0 Å². The van der Waals surface area contributed by atoms with Gasteiger partial charge in [0, 0.05) is 25.0 Å². The van der Waals surface area contributed by atoms with Gasteiger partial charge in [-0.15, -0.1) is 0 Å². The minimum Gasteiger partial charge on any atom is -0.508 e. The van der Waals surface area contributed by atoms with E-state index in [0.717, 1.165) is 24.8 Å². The van der Waals surface area contributed by atoms with Gasteiger partial charge in [-0.1, -0.05) is 12.1 Å². The first-order chi connectivity index (χ1) is 11.6. The van der Waals surface area contributed by atoms with Crippen molar-refractivity contribution in [3.8, 4) is 5.75 Å². The lowest BCUT2D eigenvalue weighted by Gasteiger charge is -2.31. The number of phenolic OH excluding ortho intramolecular Hbond substituents is 1. The second-order valence-corrected chi connectivity index (χ2v) is 6.51. The number of hydrogen-bond acceptors (Lipinski definition) is 4. The fourth-order valence-electron chi connectivity index (χ4n) is 3.30. The number of phenols is 1. The van der Waals surface area contributed by atoms with E-state index in [1.807, 2.05) is 12.1 Å². The summed E-state index contributed by atoms with van der Waals surface area (Å²) in [7, 11) is 0. The summed E-state index contributed by atoms with van der Waals surface area (Å²) < 4.78 is 5.00. The van der Waals surface area contributed by atoms with Crippen molar-refractivity contribution in [2.75, 3.05) is 19.7 Å². The normalized spacial score (nSPS) is 23.6. The lowest BCUT2D eigenvalue weighted by molar-refractivity contribution is -0.123. The average Bonchev–Trinajstić information content (AvgIpc) is 3.37. The van der Waals surface area contributed by atoms with E-state index in [2.05, 4.69) is 5.32 Å². The van der Waals surface area contributed by atoms with E-state index in [-0.39, 0.29) is 35.6 Å². The van der Waals surface area contributed by atoms with Crippen LogP contribution in [0.2, 0.25) is 0 Å². The molecule has 2 fully saturated rings. The van der Waals surface area contributed by atoms with Crippen molar-refractivity contribution < 1.29 is 19.4 Å². The quantitative estimate of drug-likeness (QED) is 0.886. The second-order valence-electron chi connectivity index (χ2n) is 6.51. The largest absolute Gasteiger partial charge is 0.508 e. The Labute approximate surface area is 141 Å². The van der Waals surface area contributed by atoms with Crippen LogP contribution >= 0.6 is 0 Å². The molecule has 1 saturated heterocycles. The van der Waals surface area contributed by atoms with Crippen LogP contribution < -0.4 is 5.32 Å². The number of carbonyl (C=O) groups excluding carboxylic acids is 2. The topological polar surface area (TPSA) is 78.9 Å². The molecule has 2 unspecified atom stereocenters. The molecule has 0 bridgehead atoms. The van der Waals surface area contributed by atoms with Crippen LogP contribution in [0.4, 0.5) is 4.79 Å². The molecule has 1 aliphatic carbocycles. The van der Waals surface area contributed by atoms with Crippen LogP contribution in [-0.4, -0.2) is 47.7 Å². The van der Waals surface area contributed by atoms with Gasteiger partial charge >= 0.3 is 6.09 Å². The standard InChI is InChI=1S/C18H24N2O4/c1-2-24-18(23)20-9-7-13(8-10-20)19-17(22)16-11-15(16)12-3-5-14(21)6-4-12/h3-6,13,15-16,21H,2,7-11H2,1H3,(H,19,22). The molecule has 24 heavy (non-hydrogen) atoms. The molecule has 6 heteroatoms. The van der Waals surface area contributed by atoms with Crippen molar-refractivity contribution in [1.82, 2.24) is 10.2 Å². The minimum atomic E-state index is -0.267. The molecule has 1 aromatic carbocycles. The third-order valence-corrected chi connectivity index (χ3v) is 4.82. The molecule has 0 spiro atoms. The first-order valence-corrected chi connectivity index (χ1v) is 8.59. The summed E-state index contributed by atoms with van der Waals surface area (Å²) in [4.78, 5) is 25.7. The molecule has 6 nitrogen and oxygen atoms in total. The fraction of sp³-hybridized carbons (Fsp3) is 0.556. The lowest BCUT2D eigenvalue weighted by atomic mass is 10.0. The molecule has 2 N–H and O–H groups in total. The SMILES string of the molecule is CCOC(=O)N1CCC(NC(=O)C2CC2c2ccc(O)cc2)CC1. The van der Waals surface area contributed by atoms with E-state index in [4.69, 9.17) is 4.74 Å². The zero-order chi connectivity index (χ0) is 17.1. The summed E-state index contributed by atoms with van der Waals surface area (Å²) in [5, 5.41) is 12.4. The predicted molar refractivity (Wildman–Crippen MR) is 88.7 cm³/mol. The van der Waals surface area contributed by atoms with Gasteiger partial charge < -0.3 is 20.1 Å². The monoisotopic (exact) mass is 332 g/mol. The number of benzene rings is 1. The summed E-state index contributed by atoms with van der Waals surface area (Å²) in [6, 6.07) is 7.21. The smallest absolute Gasteiger partial charge is 0.409 e. The zero-order valence-electron chi connectivity index (χ0n) is 13.9. The number of piperidine rings is 1. The number of rotatable bonds is 4. The van der Waals surface area contributed by atoms with Crippen LogP contribution in [0.15, 0.2) is 24.3 Å². The molecule has 0 radical (unpaired) electrons. The molecule has 2 atom stereocenters. The summed E-state index contributed by atoms with van der Waals surface area (Å²) >= 11 is 0. The Bertz CT molecular complexity index is 594. The Kier molecular flexibility index (Phi) is 4.92. The molecule has 2 aliphatic rings. The van der Waals surface area contributed by atoms with Crippen LogP contribution in [0.25, 0.3) is 0 Å². The van der Waals surface area contributed by atoms with E-state index in [1.54, 1.807) is 24.0 Å². The van der Waals surface area contributed by atoms with Gasteiger partial charge in [-0.2, -0.15) is 0 Å². The van der Waals surface area contributed by atoms with E-state index in [0.29, 0.717) is 19.7 Å². The average molecular weight is 332 g/mol. The molecular weight excluding hydrogens is 308 g/mol. The first-order valence-electron chi connectivity index (χ1n) is 8.59. The molecule has 0 aromatic heterocycles. The highest BCUT2D eigenvalue weighted by Gasteiger charge is 2.44. The van der Waals surface area contributed by atoms with Gasteiger partial charge in [0.25, 0.3) is 0 Å². The Morgan fingerprint density at radius 1 is 1.25 bits per heavy atom. The van der Waals surface area contributed by atoms with Crippen molar-refractivity contribution in [3.05, 3.63) is 29.8 Å². The number of ether oxygens (including phenoxy) is 1. The van der Waals surface area contributed by atoms with Gasteiger partial charge in [-0.3, -0.25) is 4.79 Å². The molecular formula is C18H24N2O4. The molecule has 130 valence electrons. The first kappa shape index (κ1) is 16.6. The van der Waals surface area contributed by atoms with Crippen molar-refractivity contribution in [1.29, 1.82) is 0 Å². The predicted octanol–water partition coefficient (Wildman–Crippen LogP) is 2.23. The number of hydrogen-bond donors (Lipinski definition) is 2. The Balaban J connectivity index is 1.44. The Hall–Kier alpha value is -2.24. The number of carbonyl (C=O) groups is 2. The zero-order valence-corrected chi connectivity index (χ0v) is 13.9. The summed E-state index contributed by atoms with van der Waals surface area (Å²) in [5.74, 6) is 0.624. The van der Waals surface area contributed by atoms with Crippen molar-refractivity contribution >= 4 is 12.0 Å². The molecule has 1 aromatic rings. The van der Waals surface area contributed by atoms with Gasteiger partial charge in [-0.25, -0.2) is 4.79 Å². The van der Waals surface area contributed by atoms with Crippen molar-refractivity contribution in [3.63, 3.8) is 0 Å². The van der Waals surface area contributed by atoms with E-state index >= 15 is 0 Å². The van der Waals surface area contributed by atoms with Gasteiger partial charge in [0.05, 0.1) is 6.61 Å². The molecule has 1 saturated carbocycles. The third kappa shape index (κ3) is 3.80. The maximum absolute atomic E-state index is 12.4. The second kappa shape index (κ2) is 7.11. The molecule has 1 aliphatic heterocycles. The summed E-state index contributed by atoms with van der Waals surface area (Å²) in [5.41, 5.74) is 1.10. The van der Waals surface area contributed by atoms with Crippen LogP contribution in [0.3, 0.4) is 0 Å². The van der Waals surface area contributed by atoms with Gasteiger partial charge in [0.2, 0.25) is 5.91 Å². The number of amides is 2. The number of likely N-dealkylation sites (tertiary alicyclic amines) is 1. The van der Waals surface area contributed by atoms with E-state index < -0.39 is 0 Å². The number of nitrogens with one attached hydrogen (secondary N) is 1. The highest BCUT2D eigenvalue weighted by atomic mass is 16.6. The molecule has 2 amide bonds.